The van der Waals surface area contributed by atoms with Crippen molar-refractivity contribution in [2.75, 3.05) is 6.61 Å². The van der Waals surface area contributed by atoms with E-state index in [9.17, 15) is 0 Å². The van der Waals surface area contributed by atoms with Crippen LogP contribution < -0.4 is 5.73 Å². The first kappa shape index (κ1) is 8.31. The Hall–Kier alpha value is -1.30. The van der Waals surface area contributed by atoms with Crippen molar-refractivity contribution in [1.82, 2.24) is 0 Å². The minimum atomic E-state index is -0.00410. The van der Waals surface area contributed by atoms with E-state index in [4.69, 9.17) is 16.9 Å². The molecule has 0 fully saturated rings. The molecular formula is C11H11NO. The summed E-state index contributed by atoms with van der Waals surface area (Å²) in [6, 6.07) is 5.88. The van der Waals surface area contributed by atoms with Gasteiger partial charge in [-0.25, -0.2) is 0 Å². The van der Waals surface area contributed by atoms with Crippen LogP contribution in [0.25, 0.3) is 0 Å². The van der Waals surface area contributed by atoms with Crippen molar-refractivity contribution in [2.24, 2.45) is 5.73 Å². The second kappa shape index (κ2) is 3.21. The minimum Gasteiger partial charge on any atom is -0.375 e. The molecule has 1 aromatic carbocycles. The van der Waals surface area contributed by atoms with E-state index in [0.717, 1.165) is 16.7 Å². The Morgan fingerprint density at radius 1 is 1.54 bits per heavy atom. The second-order valence-electron chi connectivity index (χ2n) is 3.18. The summed E-state index contributed by atoms with van der Waals surface area (Å²) >= 11 is 0. The number of benzene rings is 1. The van der Waals surface area contributed by atoms with Crippen molar-refractivity contribution in [3.05, 3.63) is 34.9 Å². The predicted octanol–water partition coefficient (Wildman–Crippen LogP) is 1.20. The lowest BCUT2D eigenvalue weighted by Gasteiger charge is -2.22. The van der Waals surface area contributed by atoms with Crippen molar-refractivity contribution < 1.29 is 4.74 Å². The number of ether oxygens (including phenoxy) is 1. The molecule has 1 aromatic rings. The lowest BCUT2D eigenvalue weighted by Crippen LogP contribution is -2.23. The molecule has 0 saturated carbocycles. The van der Waals surface area contributed by atoms with Crippen molar-refractivity contribution in [1.29, 1.82) is 0 Å². The molecule has 2 nitrogen and oxygen atoms in total. The lowest BCUT2D eigenvalue weighted by atomic mass is 9.97. The molecule has 1 atom stereocenters. The van der Waals surface area contributed by atoms with Gasteiger partial charge in [0.2, 0.25) is 0 Å². The number of terminal acetylenes is 1. The van der Waals surface area contributed by atoms with Gasteiger partial charge in [-0.3, -0.25) is 0 Å². The van der Waals surface area contributed by atoms with Gasteiger partial charge in [0.05, 0.1) is 19.3 Å². The summed E-state index contributed by atoms with van der Waals surface area (Å²) in [6.07, 6.45) is 5.30. The van der Waals surface area contributed by atoms with Gasteiger partial charge >= 0.3 is 0 Å². The smallest absolute Gasteiger partial charge is 0.0721 e. The third-order valence-corrected chi connectivity index (χ3v) is 2.26. The summed E-state index contributed by atoms with van der Waals surface area (Å²) in [6.45, 7) is 1.22. The van der Waals surface area contributed by atoms with Crippen LogP contribution in [0.4, 0.5) is 0 Å². The Kier molecular flexibility index (Phi) is 2.05. The standard InChI is InChI=1S/C11H11NO/c1-2-8-3-4-10-9(5-8)6-13-7-11(10)12/h1,3-5,11H,6-7,12H2/t11-/m0/s1. The third kappa shape index (κ3) is 1.44. The molecule has 0 aromatic heterocycles. The van der Waals surface area contributed by atoms with Gasteiger partial charge in [-0.15, -0.1) is 6.42 Å². The number of hydrogen-bond donors (Lipinski definition) is 1. The molecular weight excluding hydrogens is 162 g/mol. The fourth-order valence-electron chi connectivity index (χ4n) is 1.57. The highest BCUT2D eigenvalue weighted by Gasteiger charge is 2.16. The Bertz CT molecular complexity index is 365. The molecule has 0 saturated heterocycles. The average molecular weight is 173 g/mol. The first-order valence-corrected chi connectivity index (χ1v) is 4.24. The Labute approximate surface area is 77.7 Å². The molecule has 2 heteroatoms. The molecule has 0 unspecified atom stereocenters. The van der Waals surface area contributed by atoms with Crippen molar-refractivity contribution in [3.63, 3.8) is 0 Å². The summed E-state index contributed by atoms with van der Waals surface area (Å²) in [4.78, 5) is 0. The summed E-state index contributed by atoms with van der Waals surface area (Å²) in [5.41, 5.74) is 9.02. The van der Waals surface area contributed by atoms with Gasteiger partial charge in [0.25, 0.3) is 0 Å². The fraction of sp³-hybridized carbons (Fsp3) is 0.273. The van der Waals surface area contributed by atoms with Crippen LogP contribution in [0.5, 0.6) is 0 Å². The van der Waals surface area contributed by atoms with Crippen LogP contribution in [-0.2, 0) is 11.3 Å². The van der Waals surface area contributed by atoms with Gasteiger partial charge in [0.15, 0.2) is 0 Å². The maximum Gasteiger partial charge on any atom is 0.0721 e. The minimum absolute atomic E-state index is 0.00410. The summed E-state index contributed by atoms with van der Waals surface area (Å²) in [7, 11) is 0. The molecule has 66 valence electrons. The summed E-state index contributed by atoms with van der Waals surface area (Å²) < 4.78 is 5.31. The number of rotatable bonds is 0. The zero-order valence-electron chi connectivity index (χ0n) is 7.29. The van der Waals surface area contributed by atoms with E-state index >= 15 is 0 Å². The van der Waals surface area contributed by atoms with Gasteiger partial charge < -0.3 is 10.5 Å². The monoisotopic (exact) mass is 173 g/mol. The molecule has 0 aliphatic carbocycles. The molecule has 2 rings (SSSR count). The Morgan fingerprint density at radius 2 is 2.38 bits per heavy atom. The van der Waals surface area contributed by atoms with E-state index in [0.29, 0.717) is 13.2 Å². The summed E-state index contributed by atoms with van der Waals surface area (Å²) in [5, 5.41) is 0. The van der Waals surface area contributed by atoms with Gasteiger partial charge in [-0.05, 0) is 23.3 Å². The molecule has 0 bridgehead atoms. The quantitative estimate of drug-likeness (QED) is 0.598. The molecule has 0 radical (unpaired) electrons. The molecule has 0 amide bonds. The van der Waals surface area contributed by atoms with Gasteiger partial charge in [0, 0.05) is 5.56 Å². The van der Waals surface area contributed by atoms with Crippen molar-refractivity contribution in [3.8, 4) is 12.3 Å². The number of nitrogens with two attached hydrogens (primary N) is 1. The highest BCUT2D eigenvalue weighted by molar-refractivity contribution is 5.41. The van der Waals surface area contributed by atoms with Crippen LogP contribution in [0.1, 0.15) is 22.7 Å². The SMILES string of the molecule is C#Cc1ccc2c(c1)COC[C@@H]2N. The van der Waals surface area contributed by atoms with E-state index in [1.807, 2.05) is 18.2 Å². The molecule has 1 aliphatic heterocycles. The van der Waals surface area contributed by atoms with Crippen molar-refractivity contribution in [2.45, 2.75) is 12.6 Å². The van der Waals surface area contributed by atoms with E-state index < -0.39 is 0 Å². The average Bonchev–Trinajstić information content (AvgIpc) is 2.18. The topological polar surface area (TPSA) is 35.2 Å². The zero-order chi connectivity index (χ0) is 9.26. The van der Waals surface area contributed by atoms with E-state index in [2.05, 4.69) is 5.92 Å². The lowest BCUT2D eigenvalue weighted by molar-refractivity contribution is 0.0924. The third-order valence-electron chi connectivity index (χ3n) is 2.26. The highest BCUT2D eigenvalue weighted by atomic mass is 16.5. The van der Waals surface area contributed by atoms with Gasteiger partial charge in [-0.1, -0.05) is 12.0 Å². The van der Waals surface area contributed by atoms with Crippen LogP contribution in [0.15, 0.2) is 18.2 Å². The Balaban J connectivity index is 2.47. The molecule has 2 N–H and O–H groups in total. The van der Waals surface area contributed by atoms with Crippen LogP contribution >= 0.6 is 0 Å². The number of hydrogen-bond acceptors (Lipinski definition) is 2. The van der Waals surface area contributed by atoms with E-state index in [1.165, 1.54) is 0 Å². The van der Waals surface area contributed by atoms with Crippen LogP contribution in [0.3, 0.4) is 0 Å². The normalized spacial score (nSPS) is 20.5. The molecule has 13 heavy (non-hydrogen) atoms. The number of fused-ring (bicyclic) bond motifs is 1. The maximum atomic E-state index is 5.86. The fourth-order valence-corrected chi connectivity index (χ4v) is 1.57. The first-order chi connectivity index (χ1) is 6.31. The Morgan fingerprint density at radius 3 is 3.15 bits per heavy atom. The van der Waals surface area contributed by atoms with E-state index in [-0.39, 0.29) is 6.04 Å². The van der Waals surface area contributed by atoms with Crippen LogP contribution in [0.2, 0.25) is 0 Å². The summed E-state index contributed by atoms with van der Waals surface area (Å²) in [5.74, 6) is 2.60. The largest absolute Gasteiger partial charge is 0.375 e. The maximum absolute atomic E-state index is 5.86. The van der Waals surface area contributed by atoms with Crippen LogP contribution in [0, 0.1) is 12.3 Å². The molecule has 1 heterocycles. The van der Waals surface area contributed by atoms with Gasteiger partial charge in [-0.2, -0.15) is 0 Å². The molecule has 1 aliphatic rings. The predicted molar refractivity (Wildman–Crippen MR) is 51.0 cm³/mol. The van der Waals surface area contributed by atoms with Crippen LogP contribution in [-0.4, -0.2) is 6.61 Å². The van der Waals surface area contributed by atoms with Gasteiger partial charge in [0.1, 0.15) is 0 Å². The molecule has 0 spiro atoms. The van der Waals surface area contributed by atoms with E-state index in [1.54, 1.807) is 0 Å². The first-order valence-electron chi connectivity index (χ1n) is 4.24. The second-order valence-corrected chi connectivity index (χ2v) is 3.18. The van der Waals surface area contributed by atoms with Crippen molar-refractivity contribution >= 4 is 0 Å². The zero-order valence-corrected chi connectivity index (χ0v) is 7.29. The highest BCUT2D eigenvalue weighted by Crippen LogP contribution is 2.23.